The molecule has 0 aliphatic carbocycles. The molecule has 19 heavy (non-hydrogen) atoms. The van der Waals surface area contributed by atoms with E-state index < -0.39 is 0 Å². The van der Waals surface area contributed by atoms with Crippen molar-refractivity contribution in [2.45, 2.75) is 33.2 Å². The van der Waals surface area contributed by atoms with E-state index in [1.807, 2.05) is 44.2 Å². The Balaban J connectivity index is 2.50. The van der Waals surface area contributed by atoms with Gasteiger partial charge in [0.05, 0.1) is 0 Å². The van der Waals surface area contributed by atoms with Crippen LogP contribution < -0.4 is 5.32 Å². The second-order valence-electron chi connectivity index (χ2n) is 4.42. The molecule has 4 nitrogen and oxygen atoms in total. The van der Waals surface area contributed by atoms with Crippen molar-refractivity contribution in [3.05, 3.63) is 35.9 Å². The number of hydrogen-bond donors (Lipinski definition) is 1. The summed E-state index contributed by atoms with van der Waals surface area (Å²) in [5, 5.41) is 2.72. The van der Waals surface area contributed by atoms with Gasteiger partial charge in [0, 0.05) is 19.6 Å². The second kappa shape index (κ2) is 8.29. The minimum Gasteiger partial charge on any atom is -0.356 e. The van der Waals surface area contributed by atoms with Crippen molar-refractivity contribution in [1.29, 1.82) is 0 Å². The summed E-state index contributed by atoms with van der Waals surface area (Å²) < 4.78 is 0. The van der Waals surface area contributed by atoms with Crippen LogP contribution in [0.2, 0.25) is 0 Å². The lowest BCUT2D eigenvalue weighted by Gasteiger charge is -2.20. The Morgan fingerprint density at radius 2 is 1.84 bits per heavy atom. The summed E-state index contributed by atoms with van der Waals surface area (Å²) in [5.41, 5.74) is 1.08. The zero-order valence-electron chi connectivity index (χ0n) is 11.7. The van der Waals surface area contributed by atoms with Gasteiger partial charge in [0.25, 0.3) is 0 Å². The van der Waals surface area contributed by atoms with Gasteiger partial charge < -0.3 is 10.2 Å². The normalized spacial score (nSPS) is 10.0. The molecule has 0 radical (unpaired) electrons. The molecule has 0 unspecified atom stereocenters. The van der Waals surface area contributed by atoms with Gasteiger partial charge in [-0.25, -0.2) is 0 Å². The van der Waals surface area contributed by atoms with E-state index in [0.717, 1.165) is 12.0 Å². The molecule has 0 aromatic heterocycles. The van der Waals surface area contributed by atoms with E-state index in [0.29, 0.717) is 19.6 Å². The summed E-state index contributed by atoms with van der Waals surface area (Å²) in [6.07, 6.45) is 0.808. The van der Waals surface area contributed by atoms with Crippen LogP contribution in [-0.2, 0) is 16.1 Å². The molecule has 0 atom stereocenters. The van der Waals surface area contributed by atoms with Crippen molar-refractivity contribution in [1.82, 2.24) is 10.2 Å². The Morgan fingerprint density at radius 1 is 1.16 bits per heavy atom. The molecule has 2 amide bonds. The molecule has 4 heteroatoms. The predicted octanol–water partition coefficient (Wildman–Crippen LogP) is 1.95. The van der Waals surface area contributed by atoms with Crippen LogP contribution in [0.25, 0.3) is 0 Å². The van der Waals surface area contributed by atoms with Crippen LogP contribution in [0.5, 0.6) is 0 Å². The Kier molecular flexibility index (Phi) is 6.64. The maximum absolute atomic E-state index is 12.0. The fraction of sp³-hybridized carbons (Fsp3) is 0.467. The first kappa shape index (κ1) is 15.2. The minimum atomic E-state index is -0.196. The van der Waals surface area contributed by atoms with Crippen LogP contribution in [0, 0.1) is 0 Å². The summed E-state index contributed by atoms with van der Waals surface area (Å²) in [4.78, 5) is 25.2. The highest BCUT2D eigenvalue weighted by Gasteiger charge is 2.15. The second-order valence-corrected chi connectivity index (χ2v) is 4.42. The summed E-state index contributed by atoms with van der Waals surface area (Å²) in [5.74, 6) is -0.321. The zero-order chi connectivity index (χ0) is 14.1. The fourth-order valence-corrected chi connectivity index (χ4v) is 1.76. The number of nitrogens with one attached hydrogen (secondary N) is 1. The summed E-state index contributed by atoms with van der Waals surface area (Å²) in [6, 6.07) is 9.79. The van der Waals surface area contributed by atoms with Gasteiger partial charge in [-0.05, 0) is 18.9 Å². The highest BCUT2D eigenvalue weighted by Crippen LogP contribution is 2.05. The molecule has 0 fully saturated rings. The fourth-order valence-electron chi connectivity index (χ4n) is 1.76. The number of amides is 2. The Labute approximate surface area is 114 Å². The molecule has 104 valence electrons. The average molecular weight is 262 g/mol. The van der Waals surface area contributed by atoms with Crippen LogP contribution in [0.4, 0.5) is 0 Å². The van der Waals surface area contributed by atoms with Crippen molar-refractivity contribution in [2.24, 2.45) is 0 Å². The number of carbonyl (C=O) groups excluding carboxylic acids is 2. The molecule has 0 spiro atoms. The van der Waals surface area contributed by atoms with Crippen LogP contribution in [-0.4, -0.2) is 29.8 Å². The first-order valence-corrected chi connectivity index (χ1v) is 6.75. The maximum Gasteiger partial charge on any atom is 0.232 e. The van der Waals surface area contributed by atoms with Gasteiger partial charge >= 0.3 is 0 Å². The smallest absolute Gasteiger partial charge is 0.232 e. The Hall–Kier alpha value is -1.84. The largest absolute Gasteiger partial charge is 0.356 e. The molecule has 0 aliphatic heterocycles. The van der Waals surface area contributed by atoms with Crippen molar-refractivity contribution in [3.8, 4) is 0 Å². The molecular formula is C15H22N2O2. The molecule has 0 aliphatic rings. The van der Waals surface area contributed by atoms with Crippen molar-refractivity contribution < 1.29 is 9.59 Å². The summed E-state index contributed by atoms with van der Waals surface area (Å²) in [7, 11) is 0. The molecule has 0 bridgehead atoms. The minimum absolute atomic E-state index is 0.0688. The Morgan fingerprint density at radius 3 is 2.42 bits per heavy atom. The third kappa shape index (κ3) is 5.55. The summed E-state index contributed by atoms with van der Waals surface area (Å²) >= 11 is 0. The molecule has 1 aromatic rings. The average Bonchev–Trinajstić information content (AvgIpc) is 2.43. The Bertz CT molecular complexity index is 404. The monoisotopic (exact) mass is 262 g/mol. The lowest BCUT2D eigenvalue weighted by Crippen LogP contribution is -2.35. The van der Waals surface area contributed by atoms with Gasteiger partial charge in [0.2, 0.25) is 11.8 Å². The predicted molar refractivity (Wildman–Crippen MR) is 75.5 cm³/mol. The number of carbonyl (C=O) groups is 2. The summed E-state index contributed by atoms with van der Waals surface area (Å²) in [6.45, 7) is 5.68. The van der Waals surface area contributed by atoms with Gasteiger partial charge in [0.15, 0.2) is 0 Å². The molecular weight excluding hydrogens is 240 g/mol. The zero-order valence-corrected chi connectivity index (χ0v) is 11.7. The molecule has 0 heterocycles. The number of nitrogens with zero attached hydrogens (tertiary/aromatic N) is 1. The van der Waals surface area contributed by atoms with Gasteiger partial charge in [-0.1, -0.05) is 37.3 Å². The van der Waals surface area contributed by atoms with E-state index in [9.17, 15) is 9.59 Å². The molecule has 0 saturated heterocycles. The van der Waals surface area contributed by atoms with Crippen molar-refractivity contribution >= 4 is 11.8 Å². The van der Waals surface area contributed by atoms with E-state index in [2.05, 4.69) is 5.32 Å². The van der Waals surface area contributed by atoms with Gasteiger partial charge in [-0.2, -0.15) is 0 Å². The lowest BCUT2D eigenvalue weighted by atomic mass is 10.2. The van der Waals surface area contributed by atoms with E-state index in [-0.39, 0.29) is 18.2 Å². The van der Waals surface area contributed by atoms with Gasteiger partial charge in [0.1, 0.15) is 6.42 Å². The number of benzene rings is 1. The molecule has 1 rings (SSSR count). The first-order valence-electron chi connectivity index (χ1n) is 6.75. The quantitative estimate of drug-likeness (QED) is 0.764. The van der Waals surface area contributed by atoms with Crippen molar-refractivity contribution in [2.75, 3.05) is 13.1 Å². The standard InChI is InChI=1S/C15H22N2O2/c1-3-10-16-14(18)11-15(19)17(4-2)12-13-8-6-5-7-9-13/h5-9H,3-4,10-12H2,1-2H3,(H,16,18). The van der Waals surface area contributed by atoms with Crippen LogP contribution in [0.15, 0.2) is 30.3 Å². The van der Waals surface area contributed by atoms with E-state index in [1.54, 1.807) is 4.90 Å². The van der Waals surface area contributed by atoms with Gasteiger partial charge in [-0.3, -0.25) is 9.59 Å². The number of hydrogen-bond acceptors (Lipinski definition) is 2. The molecule has 1 N–H and O–H groups in total. The molecule has 0 saturated carbocycles. The van der Waals surface area contributed by atoms with Gasteiger partial charge in [-0.15, -0.1) is 0 Å². The van der Waals surface area contributed by atoms with E-state index >= 15 is 0 Å². The molecule has 1 aromatic carbocycles. The highest BCUT2D eigenvalue weighted by molar-refractivity contribution is 5.96. The SMILES string of the molecule is CCCNC(=O)CC(=O)N(CC)Cc1ccccc1. The van der Waals surface area contributed by atoms with E-state index in [4.69, 9.17) is 0 Å². The third-order valence-corrected chi connectivity index (χ3v) is 2.83. The van der Waals surface area contributed by atoms with Crippen LogP contribution in [0.3, 0.4) is 0 Å². The van der Waals surface area contributed by atoms with Crippen molar-refractivity contribution in [3.63, 3.8) is 0 Å². The number of rotatable bonds is 7. The third-order valence-electron chi connectivity index (χ3n) is 2.83. The van der Waals surface area contributed by atoms with Crippen LogP contribution in [0.1, 0.15) is 32.3 Å². The topological polar surface area (TPSA) is 49.4 Å². The van der Waals surface area contributed by atoms with Crippen LogP contribution >= 0.6 is 0 Å². The highest BCUT2D eigenvalue weighted by atomic mass is 16.2. The van der Waals surface area contributed by atoms with E-state index in [1.165, 1.54) is 0 Å². The first-order chi connectivity index (χ1) is 9.17. The maximum atomic E-state index is 12.0. The lowest BCUT2D eigenvalue weighted by molar-refractivity contribution is -0.136.